The van der Waals surface area contributed by atoms with Gasteiger partial charge in [-0.1, -0.05) is 115 Å². The molecule has 1 amide bonds. The number of rotatable bonds is 14. The van der Waals surface area contributed by atoms with Crippen molar-refractivity contribution < 1.29 is 27.8 Å². The summed E-state index contributed by atoms with van der Waals surface area (Å²) in [5.41, 5.74) is 5.22. The summed E-state index contributed by atoms with van der Waals surface area (Å²) in [5, 5.41) is 20.0. The monoisotopic (exact) mass is 727 g/mol. The first-order valence-electron chi connectivity index (χ1n) is 16.7. The molecule has 11 nitrogen and oxygen atoms in total. The van der Waals surface area contributed by atoms with Crippen molar-refractivity contribution in [3.63, 3.8) is 0 Å². The molecule has 1 fully saturated rings. The van der Waals surface area contributed by atoms with Crippen LogP contribution in [0.1, 0.15) is 52.7 Å². The van der Waals surface area contributed by atoms with Gasteiger partial charge < -0.3 is 19.9 Å². The maximum Gasteiger partial charge on any atom is 0.241 e. The fraction of sp³-hybridized carbons (Fsp3) is 0.289. The molecule has 0 saturated carbocycles. The molecule has 6 rings (SSSR count). The predicted octanol–water partition coefficient (Wildman–Crippen LogP) is 5.40. The highest BCUT2D eigenvalue weighted by molar-refractivity contribution is 7.99. The molecule has 1 unspecified atom stereocenters. The lowest BCUT2D eigenvalue weighted by Gasteiger charge is -2.41. The molecular formula is C38H41N5O6S2. The van der Waals surface area contributed by atoms with E-state index in [0.29, 0.717) is 10.9 Å². The summed E-state index contributed by atoms with van der Waals surface area (Å²) in [4.78, 5) is 17.8. The molecule has 13 heteroatoms. The summed E-state index contributed by atoms with van der Waals surface area (Å²) < 4.78 is 42.2. The van der Waals surface area contributed by atoms with Gasteiger partial charge in [-0.2, -0.15) is 9.82 Å². The topological polar surface area (TPSA) is 156 Å². The molecule has 1 aliphatic heterocycles. The Kier molecular flexibility index (Phi) is 12.0. The zero-order chi connectivity index (χ0) is 35.8. The van der Waals surface area contributed by atoms with Gasteiger partial charge in [-0.15, -0.1) is 0 Å². The largest absolute Gasteiger partial charge is 0.392 e. The number of carbonyl (C=O) groups is 1. The minimum Gasteiger partial charge on any atom is -0.392 e. The van der Waals surface area contributed by atoms with E-state index in [0.717, 1.165) is 33.4 Å². The number of hydrogen-bond acceptors (Lipinski definition) is 9. The number of amides is 1. The third-order valence-electron chi connectivity index (χ3n) is 8.85. The summed E-state index contributed by atoms with van der Waals surface area (Å²) >= 11 is 1.53. The van der Waals surface area contributed by atoms with Gasteiger partial charge in [-0.25, -0.2) is 13.4 Å². The molecule has 4 N–H and O–H groups in total. The van der Waals surface area contributed by atoms with Gasteiger partial charge in [0.15, 0.2) is 11.4 Å². The van der Waals surface area contributed by atoms with Crippen LogP contribution < -0.4 is 10.0 Å². The molecule has 5 atom stereocenters. The van der Waals surface area contributed by atoms with Crippen LogP contribution in [0.5, 0.6) is 0 Å². The Morgan fingerprint density at radius 3 is 2.25 bits per heavy atom. The second-order valence-corrected chi connectivity index (χ2v) is 15.3. The molecule has 1 aliphatic rings. The number of benzene rings is 4. The smallest absolute Gasteiger partial charge is 0.241 e. The normalized spacial score (nSPS) is 19.7. The standard InChI is InChI=1S/C38H41N5O6S2/c1-25-8-18-32(19-9-25)51(46,47)43-33(20-27-6-4-3-5-7-27)36(45)39-21-28-10-16-31(17-11-28)37-48-34(23-50-38-40-24-41-42-38)26(2)35(49-37)30-14-12-29(22-44)13-15-30/h3-19,24,26,33-35,37,43-44H,20-23H2,1-2H3,(H,39,45)(H,40,41,42)/t26-,33+,34+,35+,37?/m0/s1. The van der Waals surface area contributed by atoms with Crippen molar-refractivity contribution in [2.24, 2.45) is 5.92 Å². The molecule has 5 aromatic rings. The Hall–Kier alpha value is -4.37. The number of aliphatic hydroxyl groups excluding tert-OH is 1. The highest BCUT2D eigenvalue weighted by Gasteiger charge is 2.38. The van der Waals surface area contributed by atoms with Crippen LogP contribution in [-0.2, 0) is 43.9 Å². The van der Waals surface area contributed by atoms with Crippen LogP contribution in [0.15, 0.2) is 120 Å². The van der Waals surface area contributed by atoms with Crippen LogP contribution in [0.3, 0.4) is 0 Å². The maximum absolute atomic E-state index is 13.5. The molecule has 0 aliphatic carbocycles. The summed E-state index contributed by atoms with van der Waals surface area (Å²) in [7, 11) is -3.96. The quantitative estimate of drug-likeness (QED) is 0.110. The fourth-order valence-electron chi connectivity index (χ4n) is 5.85. The summed E-state index contributed by atoms with van der Waals surface area (Å²) in [5.74, 6) is 0.204. The number of hydrogen-bond donors (Lipinski definition) is 4. The van der Waals surface area contributed by atoms with Crippen molar-refractivity contribution in [2.75, 3.05) is 5.75 Å². The maximum atomic E-state index is 13.5. The molecule has 266 valence electrons. The lowest BCUT2D eigenvalue weighted by molar-refractivity contribution is -0.268. The van der Waals surface area contributed by atoms with E-state index in [2.05, 4.69) is 32.1 Å². The first-order chi connectivity index (χ1) is 24.7. The van der Waals surface area contributed by atoms with Crippen LogP contribution in [0.2, 0.25) is 0 Å². The lowest BCUT2D eigenvalue weighted by atomic mass is 9.91. The predicted molar refractivity (Wildman–Crippen MR) is 194 cm³/mol. The second kappa shape index (κ2) is 16.8. The molecule has 0 spiro atoms. The molecular weight excluding hydrogens is 687 g/mol. The number of sulfonamides is 1. The Morgan fingerprint density at radius 1 is 0.902 bits per heavy atom. The van der Waals surface area contributed by atoms with E-state index in [1.807, 2.05) is 85.8 Å². The van der Waals surface area contributed by atoms with Crippen molar-refractivity contribution >= 4 is 27.7 Å². The lowest BCUT2D eigenvalue weighted by Crippen LogP contribution is -2.47. The Labute approximate surface area is 302 Å². The molecule has 4 aromatic carbocycles. The van der Waals surface area contributed by atoms with E-state index in [1.165, 1.54) is 30.2 Å². The van der Waals surface area contributed by atoms with E-state index in [9.17, 15) is 18.3 Å². The first-order valence-corrected chi connectivity index (χ1v) is 19.1. The van der Waals surface area contributed by atoms with Gasteiger partial charge in [0.1, 0.15) is 12.4 Å². The van der Waals surface area contributed by atoms with Gasteiger partial charge in [0.25, 0.3) is 0 Å². The van der Waals surface area contributed by atoms with Gasteiger partial charge in [-0.05, 0) is 47.7 Å². The number of thioether (sulfide) groups is 1. The number of aromatic nitrogens is 3. The number of ether oxygens (including phenoxy) is 2. The van der Waals surface area contributed by atoms with Crippen LogP contribution in [-0.4, -0.2) is 52.5 Å². The molecule has 1 aromatic heterocycles. The number of aromatic amines is 1. The number of aryl methyl sites for hydroxylation is 1. The zero-order valence-electron chi connectivity index (χ0n) is 28.3. The molecule has 0 radical (unpaired) electrons. The van der Waals surface area contributed by atoms with Crippen LogP contribution in [0.4, 0.5) is 0 Å². The average molecular weight is 728 g/mol. The summed E-state index contributed by atoms with van der Waals surface area (Å²) in [6, 6.07) is 30.2. The SMILES string of the molecule is Cc1ccc(S(=O)(=O)N[C@H](Cc2ccccc2)C(=O)NCc2ccc(C3O[C@H](CSc4ncn[nH]4)[C@H](C)[C@H](c4ccc(CO)cc4)O3)cc2)cc1. The van der Waals surface area contributed by atoms with Gasteiger partial charge in [0.2, 0.25) is 15.9 Å². The third kappa shape index (κ3) is 9.50. The van der Waals surface area contributed by atoms with Crippen molar-refractivity contribution in [1.29, 1.82) is 0 Å². The van der Waals surface area contributed by atoms with Crippen molar-refractivity contribution in [1.82, 2.24) is 25.2 Å². The van der Waals surface area contributed by atoms with Crippen molar-refractivity contribution in [2.45, 2.75) is 68.0 Å². The minimum absolute atomic E-state index is 0.0124. The third-order valence-corrected chi connectivity index (χ3v) is 11.3. The number of nitrogens with zero attached hydrogens (tertiary/aromatic N) is 2. The minimum atomic E-state index is -3.96. The van der Waals surface area contributed by atoms with E-state index < -0.39 is 28.3 Å². The van der Waals surface area contributed by atoms with Gasteiger partial charge in [0, 0.05) is 23.8 Å². The van der Waals surface area contributed by atoms with Gasteiger partial charge in [0.05, 0.1) is 23.7 Å². The number of H-pyrrole nitrogens is 1. The number of nitrogens with one attached hydrogen (secondary N) is 3. The summed E-state index contributed by atoms with van der Waals surface area (Å²) in [6.07, 6.45) is 0.568. The Balaban J connectivity index is 1.14. The van der Waals surface area contributed by atoms with Gasteiger partial charge in [-0.3, -0.25) is 9.89 Å². The molecule has 0 bridgehead atoms. The first kappa shape index (κ1) is 36.4. The molecule has 1 saturated heterocycles. The average Bonchev–Trinajstić information content (AvgIpc) is 3.68. The van der Waals surface area contributed by atoms with Crippen molar-refractivity contribution in [3.8, 4) is 0 Å². The zero-order valence-corrected chi connectivity index (χ0v) is 29.9. The Morgan fingerprint density at radius 2 is 1.59 bits per heavy atom. The highest BCUT2D eigenvalue weighted by atomic mass is 32.2. The van der Waals surface area contributed by atoms with Crippen LogP contribution in [0, 0.1) is 12.8 Å². The van der Waals surface area contributed by atoms with E-state index >= 15 is 0 Å². The fourth-order valence-corrected chi connectivity index (χ4v) is 7.99. The number of aliphatic hydroxyl groups is 1. The van der Waals surface area contributed by atoms with Gasteiger partial charge >= 0.3 is 0 Å². The van der Waals surface area contributed by atoms with Crippen LogP contribution in [0.25, 0.3) is 0 Å². The second-order valence-electron chi connectivity index (χ2n) is 12.6. The van der Waals surface area contributed by atoms with E-state index in [4.69, 9.17) is 9.47 Å². The highest BCUT2D eigenvalue weighted by Crippen LogP contribution is 2.42. The van der Waals surface area contributed by atoms with E-state index in [1.54, 1.807) is 12.1 Å². The van der Waals surface area contributed by atoms with Crippen molar-refractivity contribution in [3.05, 3.63) is 143 Å². The van der Waals surface area contributed by atoms with E-state index in [-0.39, 0.29) is 42.6 Å². The summed E-state index contributed by atoms with van der Waals surface area (Å²) in [6.45, 7) is 4.14. The number of carbonyl (C=O) groups excluding carboxylic acids is 1. The molecule has 51 heavy (non-hydrogen) atoms. The Bertz CT molecular complexity index is 1960. The van der Waals surface area contributed by atoms with Crippen LogP contribution >= 0.6 is 11.8 Å². The molecule has 2 heterocycles.